The molecule has 0 spiro atoms. The fourth-order valence-electron chi connectivity index (χ4n) is 3.78. The van der Waals surface area contributed by atoms with Gasteiger partial charge in [-0.3, -0.25) is 14.4 Å². The quantitative estimate of drug-likeness (QED) is 0.315. The van der Waals surface area contributed by atoms with Crippen molar-refractivity contribution in [1.29, 1.82) is 0 Å². The number of halogens is 1. The van der Waals surface area contributed by atoms with Crippen LogP contribution in [-0.2, 0) is 24.4 Å². The van der Waals surface area contributed by atoms with E-state index >= 15 is 0 Å². The first-order valence-electron chi connectivity index (χ1n) is 12.0. The van der Waals surface area contributed by atoms with Crippen molar-refractivity contribution in [3.8, 4) is 5.75 Å². The molecule has 0 aliphatic carbocycles. The molecule has 0 saturated heterocycles. The molecule has 0 radical (unpaired) electrons. The van der Waals surface area contributed by atoms with Crippen LogP contribution in [0.25, 0.3) is 5.52 Å². The summed E-state index contributed by atoms with van der Waals surface area (Å²) in [6.07, 6.45) is 5.37. The summed E-state index contributed by atoms with van der Waals surface area (Å²) in [5.74, 6) is -1.22. The van der Waals surface area contributed by atoms with Gasteiger partial charge in [0.2, 0.25) is 5.43 Å². The summed E-state index contributed by atoms with van der Waals surface area (Å²) < 4.78 is 27.4. The smallest absolute Gasteiger partial charge is 0.278 e. The molecule has 0 fully saturated rings. The van der Waals surface area contributed by atoms with Gasteiger partial charge in [-0.2, -0.15) is 0 Å². The summed E-state index contributed by atoms with van der Waals surface area (Å²) in [4.78, 5) is 39.8. The van der Waals surface area contributed by atoms with Crippen molar-refractivity contribution in [1.82, 2.24) is 14.3 Å². The predicted molar refractivity (Wildman–Crippen MR) is 137 cm³/mol. The molecule has 0 saturated carbocycles. The topological polar surface area (TPSA) is 91.0 Å². The zero-order valence-corrected chi connectivity index (χ0v) is 20.5. The number of amides is 1. The van der Waals surface area contributed by atoms with Crippen LogP contribution in [0, 0.1) is 5.82 Å². The molecule has 192 valence electrons. The van der Waals surface area contributed by atoms with Crippen LogP contribution in [0.4, 0.5) is 4.39 Å². The molecule has 0 bridgehead atoms. The first-order chi connectivity index (χ1) is 18.0. The fourth-order valence-corrected chi connectivity index (χ4v) is 3.78. The highest BCUT2D eigenvalue weighted by atomic mass is 19.1. The van der Waals surface area contributed by atoms with Crippen molar-refractivity contribution in [2.24, 2.45) is 0 Å². The number of fused-ring (bicyclic) bond motifs is 1. The van der Waals surface area contributed by atoms with E-state index in [1.54, 1.807) is 24.5 Å². The largest absolute Gasteiger partial charge is 0.483 e. The molecule has 1 N–H and O–H groups in total. The van der Waals surface area contributed by atoms with Crippen molar-refractivity contribution in [3.63, 3.8) is 0 Å². The minimum Gasteiger partial charge on any atom is -0.483 e. The Morgan fingerprint density at radius 2 is 1.73 bits per heavy atom. The molecule has 37 heavy (non-hydrogen) atoms. The standard InChI is InChI=1S/C28H28FN3O5/c1-2-15-36-16-14-31-12-13-32-18-23(27(34)30-17-20-8-10-22(29)11-9-20)25(33)26(24(32)28(31)35)37-19-21-6-4-3-5-7-21/h3-13,18H,2,14-17,19H2,1H3,(H,30,34). The normalized spacial score (nSPS) is 11.0. The first kappa shape index (κ1) is 25.8. The highest BCUT2D eigenvalue weighted by Crippen LogP contribution is 2.16. The lowest BCUT2D eigenvalue weighted by molar-refractivity contribution is 0.0948. The Morgan fingerprint density at radius 1 is 0.973 bits per heavy atom. The second-order valence-corrected chi connectivity index (χ2v) is 8.45. The molecule has 0 atom stereocenters. The van der Waals surface area contributed by atoms with E-state index in [0.717, 1.165) is 12.0 Å². The number of rotatable bonds is 11. The van der Waals surface area contributed by atoms with Crippen LogP contribution in [-0.4, -0.2) is 28.1 Å². The monoisotopic (exact) mass is 505 g/mol. The number of pyridine rings is 1. The number of carbonyl (C=O) groups is 1. The number of benzene rings is 2. The Balaban J connectivity index is 1.69. The third-order valence-electron chi connectivity index (χ3n) is 5.72. The number of ether oxygens (including phenoxy) is 2. The highest BCUT2D eigenvalue weighted by molar-refractivity contribution is 5.94. The van der Waals surface area contributed by atoms with E-state index in [0.29, 0.717) is 25.3 Å². The van der Waals surface area contributed by atoms with Gasteiger partial charge in [0.25, 0.3) is 11.5 Å². The van der Waals surface area contributed by atoms with E-state index in [1.807, 2.05) is 37.3 Å². The number of carbonyl (C=O) groups excluding carboxylic acids is 1. The number of nitrogens with zero attached hydrogens (tertiary/aromatic N) is 2. The molecule has 1 amide bonds. The summed E-state index contributed by atoms with van der Waals surface area (Å²) in [6, 6.07) is 14.9. The van der Waals surface area contributed by atoms with Gasteiger partial charge in [0.05, 0.1) is 6.61 Å². The third kappa shape index (κ3) is 6.31. The van der Waals surface area contributed by atoms with Gasteiger partial charge in [0, 0.05) is 38.3 Å². The minimum absolute atomic E-state index is 0.0361. The van der Waals surface area contributed by atoms with Gasteiger partial charge < -0.3 is 23.8 Å². The Labute approximate surface area is 212 Å². The van der Waals surface area contributed by atoms with Crippen LogP contribution in [0.3, 0.4) is 0 Å². The Bertz CT molecular complexity index is 1480. The van der Waals surface area contributed by atoms with Crippen LogP contribution in [0.5, 0.6) is 5.75 Å². The molecule has 9 heteroatoms. The first-order valence-corrected chi connectivity index (χ1v) is 12.0. The second-order valence-electron chi connectivity index (χ2n) is 8.45. The average Bonchev–Trinajstić information content (AvgIpc) is 2.91. The summed E-state index contributed by atoms with van der Waals surface area (Å²) in [7, 11) is 0. The molecular weight excluding hydrogens is 477 g/mol. The summed E-state index contributed by atoms with van der Waals surface area (Å²) in [5.41, 5.74) is 0.213. The molecule has 0 aliphatic rings. The van der Waals surface area contributed by atoms with Crippen molar-refractivity contribution >= 4 is 11.4 Å². The van der Waals surface area contributed by atoms with Crippen molar-refractivity contribution in [3.05, 3.63) is 116 Å². The molecule has 2 heterocycles. The number of nitrogens with one attached hydrogen (secondary N) is 1. The van der Waals surface area contributed by atoms with E-state index in [-0.39, 0.29) is 35.8 Å². The molecular formula is C28H28FN3O5. The van der Waals surface area contributed by atoms with E-state index in [9.17, 15) is 18.8 Å². The van der Waals surface area contributed by atoms with E-state index in [1.165, 1.54) is 27.3 Å². The summed E-state index contributed by atoms with van der Waals surface area (Å²) in [6.45, 7) is 3.38. The molecule has 2 aromatic heterocycles. The Hall–Kier alpha value is -4.24. The van der Waals surface area contributed by atoms with E-state index in [4.69, 9.17) is 9.47 Å². The molecule has 0 aliphatic heterocycles. The van der Waals surface area contributed by atoms with Gasteiger partial charge in [0.15, 0.2) is 11.3 Å². The summed E-state index contributed by atoms with van der Waals surface area (Å²) in [5, 5.41) is 2.68. The fraction of sp³-hybridized carbons (Fsp3) is 0.250. The maximum absolute atomic E-state index is 13.4. The van der Waals surface area contributed by atoms with Gasteiger partial charge in [-0.1, -0.05) is 49.4 Å². The zero-order chi connectivity index (χ0) is 26.2. The van der Waals surface area contributed by atoms with Crippen LogP contribution < -0.4 is 21.0 Å². The van der Waals surface area contributed by atoms with Gasteiger partial charge in [0.1, 0.15) is 18.0 Å². The lowest BCUT2D eigenvalue weighted by Crippen LogP contribution is -2.32. The number of hydrogen-bond acceptors (Lipinski definition) is 5. The predicted octanol–water partition coefficient (Wildman–Crippen LogP) is 3.54. The molecule has 0 unspecified atom stereocenters. The van der Waals surface area contributed by atoms with Gasteiger partial charge in [-0.15, -0.1) is 0 Å². The van der Waals surface area contributed by atoms with Gasteiger partial charge in [-0.05, 0) is 29.7 Å². The lowest BCUT2D eigenvalue weighted by atomic mass is 10.2. The van der Waals surface area contributed by atoms with Crippen LogP contribution in [0.2, 0.25) is 0 Å². The maximum atomic E-state index is 13.4. The van der Waals surface area contributed by atoms with Gasteiger partial charge >= 0.3 is 0 Å². The molecule has 4 rings (SSSR count). The Morgan fingerprint density at radius 3 is 2.46 bits per heavy atom. The van der Waals surface area contributed by atoms with E-state index in [2.05, 4.69) is 5.32 Å². The third-order valence-corrected chi connectivity index (χ3v) is 5.72. The van der Waals surface area contributed by atoms with Crippen molar-refractivity contribution in [2.75, 3.05) is 13.2 Å². The van der Waals surface area contributed by atoms with Crippen LogP contribution in [0.15, 0.2) is 82.8 Å². The SMILES string of the molecule is CCCOCCn1ccn2cc(C(=O)NCc3ccc(F)cc3)c(=O)c(OCc3ccccc3)c2c1=O. The van der Waals surface area contributed by atoms with Crippen molar-refractivity contribution < 1.29 is 18.7 Å². The second kappa shape index (κ2) is 12.1. The van der Waals surface area contributed by atoms with Gasteiger partial charge in [-0.25, -0.2) is 4.39 Å². The zero-order valence-electron chi connectivity index (χ0n) is 20.5. The molecule has 4 aromatic rings. The molecule has 2 aromatic carbocycles. The van der Waals surface area contributed by atoms with E-state index < -0.39 is 16.9 Å². The minimum atomic E-state index is -0.690. The van der Waals surface area contributed by atoms with Crippen molar-refractivity contribution in [2.45, 2.75) is 33.0 Å². The Kier molecular flexibility index (Phi) is 8.48. The maximum Gasteiger partial charge on any atom is 0.278 e. The highest BCUT2D eigenvalue weighted by Gasteiger charge is 2.21. The number of aromatic nitrogens is 2. The number of hydrogen-bond donors (Lipinski definition) is 1. The molecule has 8 nitrogen and oxygen atoms in total. The summed E-state index contributed by atoms with van der Waals surface area (Å²) >= 11 is 0. The van der Waals surface area contributed by atoms with Crippen LogP contribution >= 0.6 is 0 Å². The average molecular weight is 506 g/mol. The lowest BCUT2D eigenvalue weighted by Gasteiger charge is -2.14. The van der Waals surface area contributed by atoms with Crippen LogP contribution in [0.1, 0.15) is 34.8 Å².